The van der Waals surface area contributed by atoms with Gasteiger partial charge in [-0.05, 0) is 0 Å². The SMILES string of the molecule is [I].c1cc[c]([Sb]([c]2ccccc2)[c]2ccccc2)cc1. The van der Waals surface area contributed by atoms with E-state index in [0.717, 1.165) is 0 Å². The van der Waals surface area contributed by atoms with Crippen molar-refractivity contribution in [2.45, 2.75) is 0 Å². The van der Waals surface area contributed by atoms with Gasteiger partial charge in [0.1, 0.15) is 0 Å². The second-order valence-electron chi connectivity index (χ2n) is 4.34. The molecule has 0 unspecified atom stereocenters. The third kappa shape index (κ3) is 3.65. The Morgan fingerprint density at radius 1 is 0.400 bits per heavy atom. The summed E-state index contributed by atoms with van der Waals surface area (Å²) in [5.74, 6) is 0. The topological polar surface area (TPSA) is 0 Å². The van der Waals surface area contributed by atoms with Crippen LogP contribution in [0.25, 0.3) is 0 Å². The van der Waals surface area contributed by atoms with E-state index in [1.165, 1.54) is 10.5 Å². The molecule has 0 aromatic heterocycles. The van der Waals surface area contributed by atoms with Crippen molar-refractivity contribution in [3.8, 4) is 0 Å². The monoisotopic (exact) mass is 479 g/mol. The molecule has 3 rings (SSSR count). The van der Waals surface area contributed by atoms with E-state index in [1.54, 1.807) is 0 Å². The zero-order chi connectivity index (χ0) is 12.9. The molecule has 0 heterocycles. The van der Waals surface area contributed by atoms with Crippen LogP contribution in [0.2, 0.25) is 0 Å². The van der Waals surface area contributed by atoms with Crippen molar-refractivity contribution in [3.05, 3.63) is 91.0 Å². The van der Waals surface area contributed by atoms with Crippen LogP contribution in [0.5, 0.6) is 0 Å². The third-order valence-electron chi connectivity index (χ3n) is 3.04. The number of benzene rings is 3. The summed E-state index contributed by atoms with van der Waals surface area (Å²) in [6.45, 7) is 0. The molecule has 0 saturated heterocycles. The number of hydrogen-bond acceptors (Lipinski definition) is 0. The molecule has 0 N–H and O–H groups in total. The first kappa shape index (κ1) is 15.6. The van der Waals surface area contributed by atoms with E-state index >= 15 is 0 Å². The third-order valence-corrected chi connectivity index (χ3v) is 10.0. The van der Waals surface area contributed by atoms with E-state index < -0.39 is 20.2 Å². The van der Waals surface area contributed by atoms with Crippen molar-refractivity contribution in [1.82, 2.24) is 0 Å². The van der Waals surface area contributed by atoms with Gasteiger partial charge in [-0.1, -0.05) is 0 Å². The Morgan fingerprint density at radius 2 is 0.650 bits per heavy atom. The molecule has 0 spiro atoms. The van der Waals surface area contributed by atoms with Crippen LogP contribution in [0.15, 0.2) is 91.0 Å². The fraction of sp³-hybridized carbons (Fsp3) is 0. The Morgan fingerprint density at radius 3 is 0.900 bits per heavy atom. The molecule has 0 aliphatic rings. The van der Waals surface area contributed by atoms with E-state index in [9.17, 15) is 0 Å². The van der Waals surface area contributed by atoms with Crippen LogP contribution in [0.3, 0.4) is 0 Å². The predicted octanol–water partition coefficient (Wildman–Crippen LogP) is 3.09. The molecule has 99 valence electrons. The van der Waals surface area contributed by atoms with Crippen molar-refractivity contribution >= 4 is 54.7 Å². The van der Waals surface area contributed by atoms with Crippen molar-refractivity contribution in [2.24, 2.45) is 0 Å². The van der Waals surface area contributed by atoms with Gasteiger partial charge in [0.05, 0.1) is 0 Å². The number of halogens is 1. The molecule has 0 aliphatic heterocycles. The van der Waals surface area contributed by atoms with Gasteiger partial charge in [-0.2, -0.15) is 0 Å². The first-order valence-electron chi connectivity index (χ1n) is 6.40. The summed E-state index contributed by atoms with van der Waals surface area (Å²) >= 11 is -1.83. The first-order chi connectivity index (χ1) is 9.45. The normalized spacial score (nSPS) is 10.1. The van der Waals surface area contributed by atoms with Crippen LogP contribution < -0.4 is 10.5 Å². The van der Waals surface area contributed by atoms with Crippen LogP contribution >= 0.6 is 24.0 Å². The van der Waals surface area contributed by atoms with Crippen LogP contribution in [0.4, 0.5) is 0 Å². The zero-order valence-electron chi connectivity index (χ0n) is 11.0. The number of rotatable bonds is 3. The summed E-state index contributed by atoms with van der Waals surface area (Å²) in [7, 11) is 0. The Balaban J connectivity index is 0.00000147. The van der Waals surface area contributed by atoms with Crippen LogP contribution in [0.1, 0.15) is 0 Å². The Hall–Kier alpha value is -0.792. The van der Waals surface area contributed by atoms with Crippen molar-refractivity contribution in [3.63, 3.8) is 0 Å². The molecule has 0 bridgehead atoms. The summed E-state index contributed by atoms with van der Waals surface area (Å²) in [6.07, 6.45) is 0. The molecule has 0 fully saturated rings. The first-order valence-corrected chi connectivity index (χ1v) is 10.2. The minimum absolute atomic E-state index is 0. The van der Waals surface area contributed by atoms with E-state index in [-0.39, 0.29) is 24.0 Å². The van der Waals surface area contributed by atoms with Gasteiger partial charge >= 0.3 is 122 Å². The fourth-order valence-corrected chi connectivity index (χ4v) is 8.76. The number of hydrogen-bond donors (Lipinski definition) is 0. The summed E-state index contributed by atoms with van der Waals surface area (Å²) in [5, 5.41) is 0. The Bertz CT molecular complexity index is 529. The van der Waals surface area contributed by atoms with Gasteiger partial charge in [0.2, 0.25) is 0 Å². The molecular formula is C18H15ISb. The molecule has 20 heavy (non-hydrogen) atoms. The molecule has 0 amide bonds. The Kier molecular flexibility index (Phi) is 6.12. The maximum atomic E-state index is 2.28. The van der Waals surface area contributed by atoms with Gasteiger partial charge in [-0.3, -0.25) is 0 Å². The van der Waals surface area contributed by atoms with E-state index in [4.69, 9.17) is 0 Å². The fourth-order valence-electron chi connectivity index (χ4n) is 2.18. The van der Waals surface area contributed by atoms with Gasteiger partial charge in [-0.15, -0.1) is 0 Å². The molecule has 0 atom stereocenters. The molecule has 2 heteroatoms. The van der Waals surface area contributed by atoms with Crippen LogP contribution in [-0.2, 0) is 0 Å². The summed E-state index contributed by atoms with van der Waals surface area (Å²) in [4.78, 5) is 0. The summed E-state index contributed by atoms with van der Waals surface area (Å²) in [6, 6.07) is 32.9. The van der Waals surface area contributed by atoms with Crippen LogP contribution in [-0.4, -0.2) is 20.2 Å². The molecule has 3 aromatic carbocycles. The van der Waals surface area contributed by atoms with Crippen molar-refractivity contribution in [2.75, 3.05) is 0 Å². The average molecular weight is 480 g/mol. The molecule has 3 aromatic rings. The maximum absolute atomic E-state index is 2.28. The zero-order valence-corrected chi connectivity index (χ0v) is 15.7. The second-order valence-corrected chi connectivity index (χ2v) is 10.7. The van der Waals surface area contributed by atoms with Gasteiger partial charge in [0.15, 0.2) is 0 Å². The van der Waals surface area contributed by atoms with E-state index in [1.807, 2.05) is 0 Å². The second kappa shape index (κ2) is 7.85. The van der Waals surface area contributed by atoms with E-state index in [2.05, 4.69) is 91.0 Å². The van der Waals surface area contributed by atoms with Gasteiger partial charge in [-0.25, -0.2) is 0 Å². The van der Waals surface area contributed by atoms with E-state index in [0.29, 0.717) is 0 Å². The Labute approximate surface area is 144 Å². The average Bonchev–Trinajstić information content (AvgIpc) is 2.51. The molecule has 0 nitrogen and oxygen atoms in total. The molecule has 0 aliphatic carbocycles. The minimum atomic E-state index is -1.83. The standard InChI is InChI=1S/3C6H5.I.Sb/c3*1-2-4-6-5-3-1;;/h3*1-5H;;. The quantitative estimate of drug-likeness (QED) is 0.400. The molecule has 1 radical (unpaired) electrons. The van der Waals surface area contributed by atoms with Gasteiger partial charge in [0, 0.05) is 24.0 Å². The van der Waals surface area contributed by atoms with Gasteiger partial charge in [0.25, 0.3) is 0 Å². The summed E-state index contributed by atoms with van der Waals surface area (Å²) < 4.78 is 4.55. The molecule has 0 saturated carbocycles. The van der Waals surface area contributed by atoms with Crippen molar-refractivity contribution in [1.29, 1.82) is 0 Å². The van der Waals surface area contributed by atoms with Crippen LogP contribution in [0, 0.1) is 0 Å². The van der Waals surface area contributed by atoms with Gasteiger partial charge < -0.3 is 0 Å². The van der Waals surface area contributed by atoms with Crippen molar-refractivity contribution < 1.29 is 0 Å². The predicted molar refractivity (Wildman–Crippen MR) is 98.0 cm³/mol. The summed E-state index contributed by atoms with van der Waals surface area (Å²) in [5.41, 5.74) is 0. The molecular weight excluding hydrogens is 465 g/mol.